The van der Waals surface area contributed by atoms with Gasteiger partial charge in [-0.15, -0.1) is 0 Å². The number of amides is 1. The van der Waals surface area contributed by atoms with E-state index in [9.17, 15) is 19.4 Å². The largest absolute Gasteiger partial charge is 0.472 e. The number of hydrogen-bond donors (Lipinski definition) is 3. The van der Waals surface area contributed by atoms with Crippen molar-refractivity contribution in [3.8, 4) is 0 Å². The first-order valence-electron chi connectivity index (χ1n) is 34.9. The van der Waals surface area contributed by atoms with Crippen LogP contribution in [0.2, 0.25) is 0 Å². The van der Waals surface area contributed by atoms with Crippen LogP contribution in [0.5, 0.6) is 0 Å². The first-order chi connectivity index (χ1) is 38.5. The molecule has 0 aliphatic heterocycles. The first kappa shape index (κ1) is 77.7. The molecule has 0 heterocycles. The smallest absolute Gasteiger partial charge is 0.387 e. The van der Waals surface area contributed by atoms with Gasteiger partial charge in [0.15, 0.2) is 0 Å². The number of aliphatic hydroxyl groups excluding tert-OH is 1. The highest BCUT2D eigenvalue weighted by atomic mass is 31.2. The summed E-state index contributed by atoms with van der Waals surface area (Å²) < 4.78 is 23.8. The summed E-state index contributed by atoms with van der Waals surface area (Å²) in [6.45, 7) is 4.86. The molecule has 0 fully saturated rings. The predicted octanol–water partition coefficient (Wildman–Crippen LogP) is 22.1. The number of allylic oxidation sites excluding steroid dienone is 5. The van der Waals surface area contributed by atoms with E-state index in [4.69, 9.17) is 9.05 Å². The molecule has 0 aromatic carbocycles. The van der Waals surface area contributed by atoms with E-state index in [-0.39, 0.29) is 19.1 Å². The van der Waals surface area contributed by atoms with Crippen molar-refractivity contribution in [1.29, 1.82) is 0 Å². The van der Waals surface area contributed by atoms with E-state index in [1.165, 1.54) is 289 Å². The zero-order chi connectivity index (χ0) is 57.7. The topological polar surface area (TPSA) is 105 Å². The first-order valence-corrected chi connectivity index (χ1v) is 36.4. The molecule has 0 bridgehead atoms. The minimum atomic E-state index is -4.35. The third-order valence-corrected chi connectivity index (χ3v) is 17.1. The van der Waals surface area contributed by atoms with Crippen LogP contribution in [-0.4, -0.2) is 73.4 Å². The predicted molar refractivity (Wildman–Crippen MR) is 346 cm³/mol. The number of hydrogen-bond acceptors (Lipinski definition) is 5. The zero-order valence-corrected chi connectivity index (χ0v) is 54.5. The summed E-state index contributed by atoms with van der Waals surface area (Å²) in [6.07, 6.45) is 81.5. The highest BCUT2D eigenvalue weighted by Crippen LogP contribution is 2.43. The summed E-state index contributed by atoms with van der Waals surface area (Å²) in [7, 11) is 1.59. The second kappa shape index (κ2) is 61.3. The lowest BCUT2D eigenvalue weighted by molar-refractivity contribution is -0.870. The minimum Gasteiger partial charge on any atom is -0.387 e. The summed E-state index contributed by atoms with van der Waals surface area (Å²) in [4.78, 5) is 23.4. The van der Waals surface area contributed by atoms with Crippen molar-refractivity contribution in [2.24, 2.45) is 0 Å². The molecule has 3 atom stereocenters. The molecule has 0 spiro atoms. The van der Waals surface area contributed by atoms with E-state index in [0.29, 0.717) is 17.4 Å². The second-order valence-electron chi connectivity index (χ2n) is 25.3. The van der Waals surface area contributed by atoms with Crippen LogP contribution in [-0.2, 0) is 18.4 Å². The molecule has 0 saturated carbocycles. The van der Waals surface area contributed by atoms with Gasteiger partial charge in [0, 0.05) is 6.42 Å². The molecular weight excluding hydrogens is 996 g/mol. The average Bonchev–Trinajstić information content (AvgIpc) is 3.42. The van der Waals surface area contributed by atoms with Crippen molar-refractivity contribution in [3.05, 3.63) is 36.5 Å². The van der Waals surface area contributed by atoms with E-state index in [1.807, 2.05) is 27.2 Å². The number of rotatable bonds is 65. The van der Waals surface area contributed by atoms with Gasteiger partial charge < -0.3 is 19.8 Å². The van der Waals surface area contributed by atoms with Crippen LogP contribution in [0.3, 0.4) is 0 Å². The number of phosphoric acid groups is 1. The van der Waals surface area contributed by atoms with Crippen molar-refractivity contribution in [2.45, 2.75) is 366 Å². The van der Waals surface area contributed by atoms with Crippen molar-refractivity contribution in [1.82, 2.24) is 5.32 Å². The van der Waals surface area contributed by atoms with Gasteiger partial charge in [-0.3, -0.25) is 13.8 Å². The number of likely N-dealkylation sites (N-methyl/N-ethyl adjacent to an activating group) is 1. The van der Waals surface area contributed by atoms with Crippen LogP contribution >= 0.6 is 7.82 Å². The van der Waals surface area contributed by atoms with Gasteiger partial charge in [0.2, 0.25) is 5.91 Å². The summed E-state index contributed by atoms with van der Waals surface area (Å²) in [5, 5.41) is 14.0. The number of nitrogens with zero attached hydrogens (tertiary/aromatic N) is 1. The van der Waals surface area contributed by atoms with Gasteiger partial charge in [0.1, 0.15) is 13.2 Å². The number of aliphatic hydroxyl groups is 1. The van der Waals surface area contributed by atoms with Gasteiger partial charge in [0.25, 0.3) is 0 Å². The number of carbonyl (C=O) groups is 1. The molecule has 0 saturated heterocycles. The van der Waals surface area contributed by atoms with Gasteiger partial charge in [-0.2, -0.15) is 0 Å². The number of carbonyl (C=O) groups excluding carboxylic acids is 1. The molecule has 3 unspecified atom stereocenters. The monoisotopic (exact) mass is 1130 g/mol. The van der Waals surface area contributed by atoms with Crippen molar-refractivity contribution < 1.29 is 32.9 Å². The molecule has 1 amide bonds. The molecule has 468 valence electrons. The second-order valence-corrected chi connectivity index (χ2v) is 26.7. The summed E-state index contributed by atoms with van der Waals surface area (Å²) >= 11 is 0. The Balaban J connectivity index is 4.05. The Kier molecular flexibility index (Phi) is 60.3. The number of nitrogens with one attached hydrogen (secondary N) is 1. The Bertz CT molecular complexity index is 1380. The SMILES string of the molecule is CCCCCCC/C=C\C/C=C\CCCCCCCCCCCCCCCC(=O)NC(COP(=O)(O)OCC[N+](C)(C)C)C(O)/C=C/CCCCCCCCCCCCCCCCCCCCCCCCCCCCCCCC. The van der Waals surface area contributed by atoms with E-state index in [1.54, 1.807) is 6.08 Å². The van der Waals surface area contributed by atoms with E-state index >= 15 is 0 Å². The van der Waals surface area contributed by atoms with Gasteiger partial charge in [0.05, 0.1) is 39.9 Å². The van der Waals surface area contributed by atoms with Crippen molar-refractivity contribution in [2.75, 3.05) is 40.9 Å². The lowest BCUT2D eigenvalue weighted by atomic mass is 10.0. The lowest BCUT2D eigenvalue weighted by Crippen LogP contribution is -2.45. The molecule has 0 aliphatic rings. The zero-order valence-electron chi connectivity index (χ0n) is 53.6. The summed E-state index contributed by atoms with van der Waals surface area (Å²) in [6, 6.07) is -0.848. The fraction of sp³-hybridized carbons (Fsp3) is 0.900. The summed E-state index contributed by atoms with van der Waals surface area (Å²) in [5.74, 6) is -0.172. The van der Waals surface area contributed by atoms with Gasteiger partial charge in [-0.05, 0) is 51.4 Å². The Hall–Kier alpha value is -1.28. The maximum Gasteiger partial charge on any atom is 0.472 e. The normalized spacial score (nSPS) is 13.9. The van der Waals surface area contributed by atoms with Crippen LogP contribution in [0, 0.1) is 0 Å². The molecular formula is C70H138N2O6P+. The van der Waals surface area contributed by atoms with E-state index in [2.05, 4.69) is 43.5 Å². The number of quaternary nitrogens is 1. The molecule has 79 heavy (non-hydrogen) atoms. The molecule has 3 N–H and O–H groups in total. The van der Waals surface area contributed by atoms with Crippen molar-refractivity contribution in [3.63, 3.8) is 0 Å². The molecule has 0 aromatic rings. The molecule has 9 heteroatoms. The molecule has 0 aliphatic carbocycles. The van der Waals surface area contributed by atoms with Gasteiger partial charge in [-0.1, -0.05) is 333 Å². The Morgan fingerprint density at radius 3 is 1.04 bits per heavy atom. The Morgan fingerprint density at radius 1 is 0.430 bits per heavy atom. The fourth-order valence-electron chi connectivity index (χ4n) is 10.7. The molecule has 8 nitrogen and oxygen atoms in total. The van der Waals surface area contributed by atoms with Crippen LogP contribution in [0.1, 0.15) is 354 Å². The van der Waals surface area contributed by atoms with Gasteiger partial charge >= 0.3 is 7.82 Å². The highest BCUT2D eigenvalue weighted by Gasteiger charge is 2.28. The van der Waals surface area contributed by atoms with E-state index in [0.717, 1.165) is 44.9 Å². The van der Waals surface area contributed by atoms with Crippen LogP contribution in [0.4, 0.5) is 0 Å². The van der Waals surface area contributed by atoms with Crippen LogP contribution in [0.25, 0.3) is 0 Å². The Labute approximate surface area is 493 Å². The highest BCUT2D eigenvalue weighted by molar-refractivity contribution is 7.47. The van der Waals surface area contributed by atoms with Crippen molar-refractivity contribution >= 4 is 13.7 Å². The minimum absolute atomic E-state index is 0.0625. The summed E-state index contributed by atoms with van der Waals surface area (Å²) in [5.41, 5.74) is 0. The van der Waals surface area contributed by atoms with Crippen LogP contribution in [0.15, 0.2) is 36.5 Å². The fourth-order valence-corrected chi connectivity index (χ4v) is 11.4. The maximum atomic E-state index is 13.0. The van der Waals surface area contributed by atoms with Gasteiger partial charge in [-0.25, -0.2) is 4.57 Å². The molecule has 0 rings (SSSR count). The molecule has 0 radical (unpaired) electrons. The third kappa shape index (κ3) is 64.1. The average molecular weight is 1130 g/mol. The van der Waals surface area contributed by atoms with Crippen LogP contribution < -0.4 is 5.32 Å². The number of unbranched alkanes of at least 4 members (excludes halogenated alkanes) is 48. The molecule has 0 aromatic heterocycles. The quantitative estimate of drug-likeness (QED) is 0.0243. The third-order valence-electron chi connectivity index (χ3n) is 16.1. The van der Waals surface area contributed by atoms with E-state index < -0.39 is 20.0 Å². The number of phosphoric ester groups is 1. The standard InChI is InChI=1S/C70H137N2O6P/c1-6-8-10-12-14-16-18-20-22-24-26-28-30-32-33-34-35-36-37-38-40-41-43-45-47-49-51-53-55-57-59-61-63-69(73)68(67-78-79(75,76)77-66-65-72(3,4)5)71-70(74)64-62-60-58-56-54-52-50-48-46-44-42-39-31-29-27-25-23-21-19-17-15-13-11-9-7-2/h19,21,25,27,61,63,68-69,73H,6-18,20,22-24,26,28-60,62,64-67H2,1-5H3,(H-,71,74,75,76)/p+1/b21-19-,27-25-,63-61+. The maximum absolute atomic E-state index is 13.0. The lowest BCUT2D eigenvalue weighted by Gasteiger charge is -2.25. The Morgan fingerprint density at radius 2 is 0.722 bits per heavy atom.